The molecule has 0 fully saturated rings. The van der Waals surface area contributed by atoms with E-state index in [0.717, 1.165) is 13.0 Å². The highest BCUT2D eigenvalue weighted by molar-refractivity contribution is 5.38. The Morgan fingerprint density at radius 2 is 2.05 bits per heavy atom. The third-order valence-corrected chi connectivity index (χ3v) is 2.78. The quantitative estimate of drug-likeness (QED) is 0.733. The molecule has 0 saturated carbocycles. The van der Waals surface area contributed by atoms with E-state index in [4.69, 9.17) is 4.74 Å². The van der Waals surface area contributed by atoms with Gasteiger partial charge in [-0.05, 0) is 13.3 Å². The van der Waals surface area contributed by atoms with Gasteiger partial charge in [-0.25, -0.2) is 4.98 Å². The van der Waals surface area contributed by atoms with E-state index in [1.54, 1.807) is 13.4 Å². The average molecular weight is 292 g/mol. The molecule has 21 heavy (non-hydrogen) atoms. The van der Waals surface area contributed by atoms with Gasteiger partial charge in [0, 0.05) is 13.7 Å². The first-order valence-electron chi connectivity index (χ1n) is 6.87. The van der Waals surface area contributed by atoms with Crippen molar-refractivity contribution in [2.45, 2.75) is 26.3 Å². The predicted molar refractivity (Wildman–Crippen MR) is 78.5 cm³/mol. The van der Waals surface area contributed by atoms with E-state index in [1.165, 1.54) is 11.0 Å². The van der Waals surface area contributed by atoms with Crippen molar-refractivity contribution in [1.29, 1.82) is 0 Å². The highest BCUT2D eigenvalue weighted by Gasteiger charge is 2.12. The molecule has 9 nitrogen and oxygen atoms in total. The summed E-state index contributed by atoms with van der Waals surface area (Å²) in [6.07, 6.45) is 3.87. The van der Waals surface area contributed by atoms with E-state index in [1.807, 2.05) is 6.92 Å². The van der Waals surface area contributed by atoms with Crippen LogP contribution < -0.4 is 10.6 Å². The lowest BCUT2D eigenvalue weighted by Gasteiger charge is -2.16. The van der Waals surface area contributed by atoms with E-state index in [0.29, 0.717) is 24.5 Å². The molecule has 0 aromatic carbocycles. The number of nitrogens with zero attached hydrogens (tertiary/aromatic N) is 6. The molecule has 114 valence electrons. The van der Waals surface area contributed by atoms with Crippen LogP contribution in [0, 0.1) is 0 Å². The molecular weight excluding hydrogens is 272 g/mol. The maximum Gasteiger partial charge on any atom is 0.258 e. The number of hydrogen-bond donors (Lipinski definition) is 2. The first-order valence-corrected chi connectivity index (χ1v) is 6.87. The molecule has 2 rings (SSSR count). The zero-order valence-electron chi connectivity index (χ0n) is 12.4. The summed E-state index contributed by atoms with van der Waals surface area (Å²) in [7, 11) is 1.67. The number of nitrogens with one attached hydrogen (secondary N) is 2. The maximum atomic E-state index is 5.17. The minimum atomic E-state index is 0.135. The molecule has 0 radical (unpaired) electrons. The van der Waals surface area contributed by atoms with E-state index in [2.05, 4.69) is 42.6 Å². The van der Waals surface area contributed by atoms with Gasteiger partial charge in [0.1, 0.15) is 12.7 Å². The van der Waals surface area contributed by atoms with E-state index in [-0.39, 0.29) is 6.04 Å². The normalized spacial score (nSPS) is 12.1. The van der Waals surface area contributed by atoms with Gasteiger partial charge >= 0.3 is 0 Å². The highest BCUT2D eigenvalue weighted by atomic mass is 16.5. The third kappa shape index (κ3) is 4.09. The van der Waals surface area contributed by atoms with Crippen molar-refractivity contribution < 1.29 is 4.74 Å². The fraction of sp³-hybridized carbons (Fsp3) is 0.583. The summed E-state index contributed by atoms with van der Waals surface area (Å²) < 4.78 is 6.66. The molecule has 2 aromatic rings. The van der Waals surface area contributed by atoms with Gasteiger partial charge in [-0.3, -0.25) is 0 Å². The summed E-state index contributed by atoms with van der Waals surface area (Å²) >= 11 is 0. The van der Waals surface area contributed by atoms with E-state index >= 15 is 0 Å². The second-order valence-corrected chi connectivity index (χ2v) is 4.36. The van der Waals surface area contributed by atoms with Crippen molar-refractivity contribution in [2.75, 3.05) is 30.9 Å². The molecule has 0 aliphatic heterocycles. The Balaban J connectivity index is 2.27. The van der Waals surface area contributed by atoms with Crippen molar-refractivity contribution >= 4 is 11.9 Å². The molecule has 2 aromatic heterocycles. The first-order chi connectivity index (χ1) is 10.3. The summed E-state index contributed by atoms with van der Waals surface area (Å²) in [6.45, 7) is 5.35. The molecule has 1 atom stereocenters. The lowest BCUT2D eigenvalue weighted by molar-refractivity contribution is 0.184. The Morgan fingerprint density at radius 3 is 2.67 bits per heavy atom. The van der Waals surface area contributed by atoms with Gasteiger partial charge in [-0.2, -0.15) is 24.7 Å². The number of methoxy groups -OCH3 is 1. The molecule has 1 unspecified atom stereocenters. The fourth-order valence-electron chi connectivity index (χ4n) is 1.73. The zero-order valence-corrected chi connectivity index (χ0v) is 12.4. The minimum absolute atomic E-state index is 0.135. The van der Waals surface area contributed by atoms with Crippen molar-refractivity contribution in [3.63, 3.8) is 0 Å². The van der Waals surface area contributed by atoms with Gasteiger partial charge in [0.2, 0.25) is 11.9 Å². The molecule has 9 heteroatoms. The van der Waals surface area contributed by atoms with Gasteiger partial charge in [0.05, 0.1) is 12.6 Å². The lowest BCUT2D eigenvalue weighted by atomic mass is 10.2. The van der Waals surface area contributed by atoms with Gasteiger partial charge in [-0.15, -0.1) is 0 Å². The van der Waals surface area contributed by atoms with Gasteiger partial charge in [0.15, 0.2) is 0 Å². The fourth-order valence-corrected chi connectivity index (χ4v) is 1.73. The average Bonchev–Trinajstić information content (AvgIpc) is 3.01. The predicted octanol–water partition coefficient (Wildman–Crippen LogP) is 0.721. The maximum absolute atomic E-state index is 5.17. The van der Waals surface area contributed by atoms with Crippen LogP contribution in [0.2, 0.25) is 0 Å². The number of rotatable bonds is 8. The van der Waals surface area contributed by atoms with Crippen molar-refractivity contribution in [3.8, 4) is 5.95 Å². The molecular formula is C12H20N8O. The number of hydrogen-bond acceptors (Lipinski definition) is 8. The molecule has 0 aliphatic carbocycles. The molecule has 2 N–H and O–H groups in total. The summed E-state index contributed by atoms with van der Waals surface area (Å²) in [6, 6.07) is 0.135. The van der Waals surface area contributed by atoms with E-state index in [9.17, 15) is 0 Å². The topological polar surface area (TPSA) is 103 Å². The molecule has 0 amide bonds. The van der Waals surface area contributed by atoms with Crippen LogP contribution in [0.15, 0.2) is 12.7 Å². The second kappa shape index (κ2) is 7.48. The first kappa shape index (κ1) is 15.1. The number of ether oxygens (including phenoxy) is 1. The summed E-state index contributed by atoms with van der Waals surface area (Å²) in [5.41, 5.74) is 0. The van der Waals surface area contributed by atoms with Gasteiger partial charge in [0.25, 0.3) is 5.95 Å². The Hall–Kier alpha value is -2.29. The van der Waals surface area contributed by atoms with Crippen molar-refractivity contribution in [1.82, 2.24) is 29.7 Å². The molecule has 0 spiro atoms. The molecule has 0 saturated heterocycles. The lowest BCUT2D eigenvalue weighted by Crippen LogP contribution is -2.26. The Morgan fingerprint density at radius 1 is 1.24 bits per heavy atom. The van der Waals surface area contributed by atoms with Crippen LogP contribution in [0.1, 0.15) is 20.3 Å². The smallest absolute Gasteiger partial charge is 0.258 e. The van der Waals surface area contributed by atoms with Crippen molar-refractivity contribution in [3.05, 3.63) is 12.7 Å². The van der Waals surface area contributed by atoms with Crippen LogP contribution in [-0.4, -0.2) is 56.0 Å². The standard InChI is InChI=1S/C12H20N8O/c1-4-9(6-21-3)16-11-17-10(14-5-2)18-12(19-11)20-8-13-7-15-20/h7-9H,4-6H2,1-3H3,(H2,14,16,17,18,19). The summed E-state index contributed by atoms with van der Waals surface area (Å²) in [5, 5.41) is 10.4. The van der Waals surface area contributed by atoms with Gasteiger partial charge in [-0.1, -0.05) is 6.92 Å². The summed E-state index contributed by atoms with van der Waals surface area (Å²) in [5.74, 6) is 1.39. The van der Waals surface area contributed by atoms with Gasteiger partial charge < -0.3 is 15.4 Å². The third-order valence-electron chi connectivity index (χ3n) is 2.78. The summed E-state index contributed by atoms with van der Waals surface area (Å²) in [4.78, 5) is 16.9. The Kier molecular flexibility index (Phi) is 5.38. The van der Waals surface area contributed by atoms with Crippen LogP contribution in [0.3, 0.4) is 0 Å². The zero-order chi connectivity index (χ0) is 15.1. The monoisotopic (exact) mass is 292 g/mol. The molecule has 0 bridgehead atoms. The van der Waals surface area contributed by atoms with Crippen LogP contribution in [0.4, 0.5) is 11.9 Å². The SMILES string of the molecule is CCNc1nc(NC(CC)COC)nc(-n2cncn2)n1. The van der Waals surface area contributed by atoms with E-state index < -0.39 is 0 Å². The van der Waals surface area contributed by atoms with Crippen LogP contribution in [0.5, 0.6) is 0 Å². The van der Waals surface area contributed by atoms with Crippen LogP contribution in [-0.2, 0) is 4.74 Å². The Labute approximate surface area is 123 Å². The Bertz CT molecular complexity index is 544. The van der Waals surface area contributed by atoms with Crippen molar-refractivity contribution in [2.24, 2.45) is 0 Å². The molecule has 0 aliphatic rings. The largest absolute Gasteiger partial charge is 0.383 e. The molecule has 2 heterocycles. The van der Waals surface area contributed by atoms with Crippen LogP contribution in [0.25, 0.3) is 5.95 Å². The minimum Gasteiger partial charge on any atom is -0.383 e. The highest BCUT2D eigenvalue weighted by Crippen LogP contribution is 2.10. The second-order valence-electron chi connectivity index (χ2n) is 4.36. The van der Waals surface area contributed by atoms with Crippen LogP contribution >= 0.6 is 0 Å². The number of anilines is 2. The number of aromatic nitrogens is 6.